The Bertz CT molecular complexity index is 652. The highest BCUT2D eigenvalue weighted by Crippen LogP contribution is 2.31. The predicted octanol–water partition coefficient (Wildman–Crippen LogP) is 2.43. The van der Waals surface area contributed by atoms with E-state index >= 15 is 0 Å². The quantitative estimate of drug-likeness (QED) is 0.848. The first-order valence-electron chi connectivity index (χ1n) is 8.51. The van der Waals surface area contributed by atoms with Gasteiger partial charge in [0.15, 0.2) is 5.82 Å². The normalized spacial score (nSPS) is 21.7. The van der Waals surface area contributed by atoms with Crippen molar-refractivity contribution in [1.29, 1.82) is 0 Å². The van der Waals surface area contributed by atoms with Crippen LogP contribution in [0.3, 0.4) is 0 Å². The molecule has 1 fully saturated rings. The maximum Gasteiger partial charge on any atom is 0.213 e. The van der Waals surface area contributed by atoms with Gasteiger partial charge in [0.2, 0.25) is 5.88 Å². The highest BCUT2D eigenvalue weighted by Gasteiger charge is 2.31. The average molecular weight is 313 g/mol. The number of hydrogen-bond acceptors (Lipinski definition) is 5. The number of pyridine rings is 1. The molecule has 2 aliphatic rings. The number of hydrogen-bond donors (Lipinski definition) is 0. The lowest BCUT2D eigenvalue weighted by Gasteiger charge is -2.38. The molecule has 4 rings (SSSR count). The summed E-state index contributed by atoms with van der Waals surface area (Å²) in [4.78, 5) is 6.73. The first kappa shape index (κ1) is 14.6. The van der Waals surface area contributed by atoms with Gasteiger partial charge in [-0.1, -0.05) is 12.5 Å². The second-order valence-corrected chi connectivity index (χ2v) is 6.55. The molecule has 0 radical (unpaired) electrons. The summed E-state index contributed by atoms with van der Waals surface area (Å²) in [7, 11) is 0. The highest BCUT2D eigenvalue weighted by atomic mass is 16.5. The topological polar surface area (TPSA) is 56.1 Å². The minimum atomic E-state index is 0.334. The van der Waals surface area contributed by atoms with Crippen LogP contribution in [0.4, 0.5) is 0 Å². The summed E-state index contributed by atoms with van der Waals surface area (Å²) >= 11 is 0. The van der Waals surface area contributed by atoms with Gasteiger partial charge in [-0.15, -0.1) is 10.2 Å². The molecule has 1 aliphatic heterocycles. The van der Waals surface area contributed by atoms with Gasteiger partial charge in [0.25, 0.3) is 0 Å². The molecule has 1 saturated carbocycles. The Hall–Kier alpha value is -1.95. The Morgan fingerprint density at radius 2 is 2.13 bits per heavy atom. The van der Waals surface area contributed by atoms with Crippen molar-refractivity contribution >= 4 is 0 Å². The molecule has 0 aromatic carbocycles. The summed E-state index contributed by atoms with van der Waals surface area (Å²) in [6.45, 7) is 5.87. The van der Waals surface area contributed by atoms with E-state index in [0.717, 1.165) is 30.7 Å². The minimum absolute atomic E-state index is 0.334. The number of nitrogens with zero attached hydrogens (tertiary/aromatic N) is 5. The van der Waals surface area contributed by atoms with Crippen LogP contribution in [0.15, 0.2) is 24.4 Å². The molecule has 0 unspecified atom stereocenters. The first-order valence-corrected chi connectivity index (χ1v) is 8.51. The first-order chi connectivity index (χ1) is 11.3. The summed E-state index contributed by atoms with van der Waals surface area (Å²) in [5, 5.41) is 8.77. The molecule has 6 heteroatoms. The Balaban J connectivity index is 1.43. The van der Waals surface area contributed by atoms with Crippen LogP contribution in [0.1, 0.15) is 43.9 Å². The standard InChI is InChI=1S/C17H23N5O/c1-13-17-20-19-15(12-23-16-7-2-3-8-18-16)22(17)10-9-21(13)11-14-5-4-6-14/h2-3,7-8,13-14H,4-6,9-12H2,1H3/t13-/m0/s1. The van der Waals surface area contributed by atoms with E-state index in [9.17, 15) is 0 Å². The maximum atomic E-state index is 5.72. The van der Waals surface area contributed by atoms with E-state index in [1.165, 1.54) is 25.8 Å². The third-order valence-corrected chi connectivity index (χ3v) is 5.09. The van der Waals surface area contributed by atoms with Crippen LogP contribution in [0.5, 0.6) is 5.88 Å². The van der Waals surface area contributed by atoms with Crippen LogP contribution >= 0.6 is 0 Å². The molecule has 0 N–H and O–H groups in total. The second-order valence-electron chi connectivity index (χ2n) is 6.55. The molecule has 0 bridgehead atoms. The molecule has 0 amide bonds. The Morgan fingerprint density at radius 3 is 2.87 bits per heavy atom. The smallest absolute Gasteiger partial charge is 0.213 e. The van der Waals surface area contributed by atoms with E-state index in [1.54, 1.807) is 6.20 Å². The van der Waals surface area contributed by atoms with Gasteiger partial charge in [-0.25, -0.2) is 4.98 Å². The van der Waals surface area contributed by atoms with Crippen molar-refractivity contribution in [2.75, 3.05) is 13.1 Å². The second kappa shape index (κ2) is 6.28. The van der Waals surface area contributed by atoms with E-state index in [4.69, 9.17) is 4.74 Å². The van der Waals surface area contributed by atoms with Crippen LogP contribution < -0.4 is 4.74 Å². The van der Waals surface area contributed by atoms with Gasteiger partial charge in [-0.3, -0.25) is 4.90 Å². The number of rotatable bonds is 5. The van der Waals surface area contributed by atoms with Crippen molar-refractivity contribution in [3.05, 3.63) is 36.0 Å². The number of ether oxygens (including phenoxy) is 1. The van der Waals surface area contributed by atoms with Gasteiger partial charge in [-0.2, -0.15) is 0 Å². The Labute approximate surface area is 136 Å². The zero-order chi connectivity index (χ0) is 15.6. The largest absolute Gasteiger partial charge is 0.469 e. The van der Waals surface area contributed by atoms with Crippen molar-refractivity contribution in [1.82, 2.24) is 24.6 Å². The van der Waals surface area contributed by atoms with Gasteiger partial charge in [0, 0.05) is 31.9 Å². The molecule has 122 valence electrons. The predicted molar refractivity (Wildman–Crippen MR) is 85.9 cm³/mol. The molecule has 23 heavy (non-hydrogen) atoms. The fourth-order valence-electron chi connectivity index (χ4n) is 3.42. The molecular formula is C17H23N5O. The van der Waals surface area contributed by atoms with Gasteiger partial charge < -0.3 is 9.30 Å². The van der Waals surface area contributed by atoms with E-state index in [-0.39, 0.29) is 0 Å². The van der Waals surface area contributed by atoms with Crippen LogP contribution in [-0.2, 0) is 13.2 Å². The minimum Gasteiger partial charge on any atom is -0.469 e. The van der Waals surface area contributed by atoms with Crippen molar-refractivity contribution in [3.63, 3.8) is 0 Å². The molecule has 2 aromatic rings. The molecule has 1 atom stereocenters. The van der Waals surface area contributed by atoms with Crippen LogP contribution in [-0.4, -0.2) is 37.7 Å². The van der Waals surface area contributed by atoms with Gasteiger partial charge in [-0.05, 0) is 31.7 Å². The van der Waals surface area contributed by atoms with E-state index in [2.05, 4.69) is 31.6 Å². The van der Waals surface area contributed by atoms with E-state index in [1.807, 2.05) is 18.2 Å². The van der Waals surface area contributed by atoms with Gasteiger partial charge in [0.05, 0.1) is 6.04 Å². The average Bonchev–Trinajstić information content (AvgIpc) is 2.95. The summed E-state index contributed by atoms with van der Waals surface area (Å²) in [5.74, 6) is 3.47. The fraction of sp³-hybridized carbons (Fsp3) is 0.588. The lowest BCUT2D eigenvalue weighted by atomic mass is 9.84. The monoisotopic (exact) mass is 313 g/mol. The molecule has 0 spiro atoms. The molecular weight excluding hydrogens is 290 g/mol. The van der Waals surface area contributed by atoms with Crippen LogP contribution in [0, 0.1) is 5.92 Å². The molecule has 3 heterocycles. The summed E-state index contributed by atoms with van der Waals surface area (Å²) in [6.07, 6.45) is 5.91. The zero-order valence-electron chi connectivity index (χ0n) is 13.6. The van der Waals surface area contributed by atoms with Crippen molar-refractivity contribution in [2.45, 2.75) is 45.4 Å². The highest BCUT2D eigenvalue weighted by molar-refractivity contribution is 5.10. The lowest BCUT2D eigenvalue weighted by Crippen LogP contribution is -2.41. The van der Waals surface area contributed by atoms with Crippen molar-refractivity contribution in [3.8, 4) is 5.88 Å². The lowest BCUT2D eigenvalue weighted by molar-refractivity contribution is 0.110. The third kappa shape index (κ3) is 2.95. The van der Waals surface area contributed by atoms with Crippen molar-refractivity contribution in [2.24, 2.45) is 5.92 Å². The molecule has 0 saturated heterocycles. The summed E-state index contributed by atoms with van der Waals surface area (Å²) < 4.78 is 7.93. The van der Waals surface area contributed by atoms with Crippen LogP contribution in [0.2, 0.25) is 0 Å². The molecule has 6 nitrogen and oxygen atoms in total. The van der Waals surface area contributed by atoms with Crippen LogP contribution in [0.25, 0.3) is 0 Å². The SMILES string of the molecule is C[C@H]1c2nnc(COc3ccccn3)n2CCN1CC1CCC1. The van der Waals surface area contributed by atoms with E-state index in [0.29, 0.717) is 18.5 Å². The van der Waals surface area contributed by atoms with Gasteiger partial charge >= 0.3 is 0 Å². The zero-order valence-corrected chi connectivity index (χ0v) is 13.6. The number of fused-ring (bicyclic) bond motifs is 1. The molecule has 1 aliphatic carbocycles. The van der Waals surface area contributed by atoms with Crippen molar-refractivity contribution < 1.29 is 4.74 Å². The number of aromatic nitrogens is 4. The maximum absolute atomic E-state index is 5.72. The Morgan fingerprint density at radius 1 is 1.22 bits per heavy atom. The summed E-state index contributed by atoms with van der Waals surface area (Å²) in [5.41, 5.74) is 0. The van der Waals surface area contributed by atoms with Gasteiger partial charge in [0.1, 0.15) is 12.4 Å². The summed E-state index contributed by atoms with van der Waals surface area (Å²) in [6, 6.07) is 5.99. The molecule has 2 aromatic heterocycles. The Kier molecular flexibility index (Phi) is 3.99. The van der Waals surface area contributed by atoms with E-state index < -0.39 is 0 Å². The fourth-order valence-corrected chi connectivity index (χ4v) is 3.42. The third-order valence-electron chi connectivity index (χ3n) is 5.09.